The lowest BCUT2D eigenvalue weighted by molar-refractivity contribution is -0.113. The van der Waals surface area contributed by atoms with Crippen LogP contribution in [0.5, 0.6) is 5.75 Å². The van der Waals surface area contributed by atoms with Crippen LogP contribution in [0, 0.1) is 6.92 Å². The number of nitrogens with one attached hydrogen (secondary N) is 1. The van der Waals surface area contributed by atoms with Gasteiger partial charge in [-0.15, -0.1) is 0 Å². The lowest BCUT2D eigenvalue weighted by atomic mass is 10.2. The maximum atomic E-state index is 12.5. The Morgan fingerprint density at radius 1 is 1.17 bits per heavy atom. The van der Waals surface area contributed by atoms with Gasteiger partial charge in [-0.25, -0.2) is 4.98 Å². The number of carbonyl (C=O) groups excluding carboxylic acids is 1. The number of imidazole rings is 1. The molecule has 0 atom stereocenters. The molecule has 30 heavy (non-hydrogen) atoms. The predicted molar refractivity (Wildman–Crippen MR) is 120 cm³/mol. The second-order valence-electron chi connectivity index (χ2n) is 6.78. The molecule has 0 saturated carbocycles. The Kier molecular flexibility index (Phi) is 5.76. The first kappa shape index (κ1) is 20.0. The largest absolute Gasteiger partial charge is 0.494 e. The third kappa shape index (κ3) is 4.18. The summed E-state index contributed by atoms with van der Waals surface area (Å²) in [5.41, 5.74) is 3.71. The van der Waals surface area contributed by atoms with Crippen molar-refractivity contribution in [2.24, 2.45) is 7.05 Å². The predicted octanol–water partition coefficient (Wildman–Crippen LogP) is 4.20. The van der Waals surface area contributed by atoms with Gasteiger partial charge >= 0.3 is 0 Å². The average molecular weight is 422 g/mol. The van der Waals surface area contributed by atoms with Gasteiger partial charge in [0.05, 0.1) is 29.1 Å². The number of para-hydroxylation sites is 2. The Balaban J connectivity index is 1.58. The molecule has 0 saturated heterocycles. The SMILES string of the molecule is CCOc1ccc(-n2c(SCC(=O)Nc3cc(C)nn3C)nc3ccccc32)cc1. The number of hydrogen-bond donors (Lipinski definition) is 1. The van der Waals surface area contributed by atoms with Crippen molar-refractivity contribution < 1.29 is 9.53 Å². The molecule has 0 spiro atoms. The van der Waals surface area contributed by atoms with Crippen molar-refractivity contribution >= 4 is 34.5 Å². The van der Waals surface area contributed by atoms with Crippen molar-refractivity contribution in [3.63, 3.8) is 0 Å². The number of benzene rings is 2. The molecule has 7 nitrogen and oxygen atoms in total. The summed E-state index contributed by atoms with van der Waals surface area (Å²) in [6.45, 7) is 4.48. The van der Waals surface area contributed by atoms with Crippen molar-refractivity contribution in [3.05, 3.63) is 60.3 Å². The molecule has 0 aliphatic heterocycles. The van der Waals surface area contributed by atoms with E-state index in [0.717, 1.165) is 33.3 Å². The van der Waals surface area contributed by atoms with Crippen LogP contribution in [0.25, 0.3) is 16.7 Å². The number of fused-ring (bicyclic) bond motifs is 1. The van der Waals surface area contributed by atoms with Gasteiger partial charge in [0.1, 0.15) is 11.6 Å². The zero-order valence-electron chi connectivity index (χ0n) is 17.1. The van der Waals surface area contributed by atoms with E-state index >= 15 is 0 Å². The summed E-state index contributed by atoms with van der Waals surface area (Å²) in [5.74, 6) is 1.64. The van der Waals surface area contributed by atoms with Crippen LogP contribution in [0.3, 0.4) is 0 Å². The quantitative estimate of drug-likeness (QED) is 0.453. The van der Waals surface area contributed by atoms with Gasteiger partial charge in [-0.05, 0) is 50.2 Å². The molecule has 1 amide bonds. The van der Waals surface area contributed by atoms with E-state index in [2.05, 4.69) is 15.0 Å². The Bertz CT molecular complexity index is 1180. The highest BCUT2D eigenvalue weighted by Crippen LogP contribution is 2.29. The van der Waals surface area contributed by atoms with Crippen molar-refractivity contribution in [1.29, 1.82) is 0 Å². The number of ether oxygens (including phenoxy) is 1. The molecule has 1 N–H and O–H groups in total. The van der Waals surface area contributed by atoms with Crippen LogP contribution in [0.15, 0.2) is 59.8 Å². The van der Waals surface area contributed by atoms with Gasteiger partial charge in [-0.3, -0.25) is 14.0 Å². The molecule has 0 radical (unpaired) electrons. The first-order valence-corrected chi connectivity index (χ1v) is 10.7. The van der Waals surface area contributed by atoms with Gasteiger partial charge < -0.3 is 10.1 Å². The number of carbonyl (C=O) groups is 1. The molecular formula is C22H23N5O2S. The van der Waals surface area contributed by atoms with Crippen molar-refractivity contribution in [3.8, 4) is 11.4 Å². The van der Waals surface area contributed by atoms with Crippen molar-refractivity contribution in [2.75, 3.05) is 17.7 Å². The van der Waals surface area contributed by atoms with Gasteiger partial charge in [0.15, 0.2) is 5.16 Å². The van der Waals surface area contributed by atoms with Crippen LogP contribution < -0.4 is 10.1 Å². The maximum Gasteiger partial charge on any atom is 0.235 e. The molecular weight excluding hydrogens is 398 g/mol. The van der Waals surface area contributed by atoms with Crippen LogP contribution in [0.2, 0.25) is 0 Å². The topological polar surface area (TPSA) is 74.0 Å². The summed E-state index contributed by atoms with van der Waals surface area (Å²) in [5, 5.41) is 7.92. The van der Waals surface area contributed by atoms with Crippen LogP contribution in [-0.4, -0.2) is 37.6 Å². The van der Waals surface area contributed by atoms with Gasteiger partial charge in [0.25, 0.3) is 0 Å². The summed E-state index contributed by atoms with van der Waals surface area (Å²) < 4.78 is 9.28. The van der Waals surface area contributed by atoms with Gasteiger partial charge in [-0.2, -0.15) is 5.10 Å². The summed E-state index contributed by atoms with van der Waals surface area (Å²) in [7, 11) is 1.81. The number of rotatable bonds is 7. The van der Waals surface area contributed by atoms with Crippen LogP contribution in [0.1, 0.15) is 12.6 Å². The molecule has 2 aromatic heterocycles. The Morgan fingerprint density at radius 3 is 2.63 bits per heavy atom. The Morgan fingerprint density at radius 2 is 1.93 bits per heavy atom. The second-order valence-corrected chi connectivity index (χ2v) is 7.72. The number of aromatic nitrogens is 4. The number of amides is 1. The summed E-state index contributed by atoms with van der Waals surface area (Å²) in [6.07, 6.45) is 0. The van der Waals surface area contributed by atoms with Gasteiger partial charge in [0, 0.05) is 18.8 Å². The fourth-order valence-corrected chi connectivity index (χ4v) is 4.07. The lowest BCUT2D eigenvalue weighted by Crippen LogP contribution is -2.16. The summed E-state index contributed by atoms with van der Waals surface area (Å²) in [4.78, 5) is 17.2. The summed E-state index contributed by atoms with van der Waals surface area (Å²) >= 11 is 1.40. The molecule has 2 aromatic carbocycles. The van der Waals surface area contributed by atoms with E-state index in [1.54, 1.807) is 11.7 Å². The zero-order chi connectivity index (χ0) is 21.1. The van der Waals surface area contributed by atoms with Crippen LogP contribution >= 0.6 is 11.8 Å². The van der Waals surface area contributed by atoms with E-state index in [-0.39, 0.29) is 11.7 Å². The molecule has 0 aliphatic rings. The monoisotopic (exact) mass is 421 g/mol. The third-order valence-electron chi connectivity index (χ3n) is 4.54. The van der Waals surface area contributed by atoms with Crippen molar-refractivity contribution in [2.45, 2.75) is 19.0 Å². The van der Waals surface area contributed by atoms with Crippen molar-refractivity contribution in [1.82, 2.24) is 19.3 Å². The van der Waals surface area contributed by atoms with E-state index in [9.17, 15) is 4.79 Å². The fraction of sp³-hybridized carbons (Fsp3) is 0.227. The van der Waals surface area contributed by atoms with Gasteiger partial charge in [0.2, 0.25) is 5.91 Å². The lowest BCUT2D eigenvalue weighted by Gasteiger charge is -2.10. The highest BCUT2D eigenvalue weighted by Gasteiger charge is 2.15. The molecule has 0 fully saturated rings. The first-order chi connectivity index (χ1) is 14.5. The van der Waals surface area contributed by atoms with Gasteiger partial charge in [-0.1, -0.05) is 23.9 Å². The standard InChI is InChI=1S/C22H23N5O2S/c1-4-29-17-11-9-16(10-12-17)27-19-8-6-5-7-18(19)23-22(27)30-14-21(28)24-20-13-15(2)25-26(20)3/h5-13H,4,14H2,1-3H3,(H,24,28). The van der Waals surface area contributed by atoms with E-state index in [0.29, 0.717) is 12.4 Å². The number of nitrogens with zero attached hydrogens (tertiary/aromatic N) is 4. The summed E-state index contributed by atoms with van der Waals surface area (Å²) in [6, 6.07) is 17.7. The number of hydrogen-bond acceptors (Lipinski definition) is 5. The van der Waals surface area contributed by atoms with Crippen LogP contribution in [0.4, 0.5) is 5.82 Å². The van der Waals surface area contributed by atoms with E-state index < -0.39 is 0 Å². The second kappa shape index (κ2) is 8.62. The molecule has 0 bridgehead atoms. The number of aryl methyl sites for hydroxylation is 2. The Hall–Kier alpha value is -3.26. The minimum Gasteiger partial charge on any atom is -0.494 e. The Labute approximate surface area is 179 Å². The molecule has 154 valence electrons. The average Bonchev–Trinajstić information content (AvgIpc) is 3.26. The molecule has 4 rings (SSSR count). The fourth-order valence-electron chi connectivity index (χ4n) is 3.24. The van der Waals surface area contributed by atoms with E-state index in [1.165, 1.54) is 11.8 Å². The molecule has 4 aromatic rings. The first-order valence-electron chi connectivity index (χ1n) is 9.69. The van der Waals surface area contributed by atoms with E-state index in [1.807, 2.05) is 68.4 Å². The number of thioether (sulfide) groups is 1. The van der Waals surface area contributed by atoms with Crippen LogP contribution in [-0.2, 0) is 11.8 Å². The zero-order valence-corrected chi connectivity index (χ0v) is 17.9. The minimum atomic E-state index is -0.103. The smallest absolute Gasteiger partial charge is 0.235 e. The third-order valence-corrected chi connectivity index (χ3v) is 5.48. The van der Waals surface area contributed by atoms with E-state index in [4.69, 9.17) is 9.72 Å². The maximum absolute atomic E-state index is 12.5. The minimum absolute atomic E-state index is 0.103. The number of anilines is 1. The molecule has 2 heterocycles. The highest BCUT2D eigenvalue weighted by atomic mass is 32.2. The molecule has 8 heteroatoms. The normalized spacial score (nSPS) is 11.0. The molecule has 0 aliphatic carbocycles. The molecule has 0 unspecified atom stereocenters. The highest BCUT2D eigenvalue weighted by molar-refractivity contribution is 7.99.